The van der Waals surface area contributed by atoms with E-state index in [0.717, 1.165) is 17.3 Å². The maximum atomic E-state index is 5.80. The number of pyridine rings is 1. The minimum Gasteiger partial charge on any atom is -0.476 e. The van der Waals surface area contributed by atoms with Crippen molar-refractivity contribution in [2.75, 3.05) is 24.3 Å². The Labute approximate surface area is 112 Å². The van der Waals surface area contributed by atoms with Crippen LogP contribution in [0.2, 0.25) is 0 Å². The van der Waals surface area contributed by atoms with Gasteiger partial charge < -0.3 is 19.9 Å². The molecule has 2 aromatic heterocycles. The van der Waals surface area contributed by atoms with Gasteiger partial charge in [0.25, 0.3) is 0 Å². The second-order valence-electron chi connectivity index (χ2n) is 4.28. The van der Waals surface area contributed by atoms with Crippen molar-refractivity contribution in [1.29, 1.82) is 0 Å². The Balaban J connectivity index is 2.14. The van der Waals surface area contributed by atoms with Crippen molar-refractivity contribution in [3.63, 3.8) is 0 Å². The Kier molecular flexibility index (Phi) is 3.89. The van der Waals surface area contributed by atoms with Crippen LogP contribution in [0.25, 0.3) is 0 Å². The highest BCUT2D eigenvalue weighted by molar-refractivity contribution is 5.54. The van der Waals surface area contributed by atoms with Crippen molar-refractivity contribution in [2.24, 2.45) is 0 Å². The number of nitrogen functional groups attached to an aromatic ring is 1. The van der Waals surface area contributed by atoms with E-state index in [1.807, 2.05) is 37.9 Å². The number of ether oxygens (including phenoxy) is 1. The van der Waals surface area contributed by atoms with Gasteiger partial charge in [-0.1, -0.05) is 5.16 Å². The van der Waals surface area contributed by atoms with E-state index in [0.29, 0.717) is 24.7 Å². The molecule has 0 spiro atoms. The van der Waals surface area contributed by atoms with E-state index in [9.17, 15) is 0 Å². The second kappa shape index (κ2) is 5.60. The molecule has 19 heavy (non-hydrogen) atoms. The lowest BCUT2D eigenvalue weighted by Crippen LogP contribution is -2.18. The van der Waals surface area contributed by atoms with Gasteiger partial charge in [-0.05, 0) is 26.0 Å². The molecule has 102 valence electrons. The van der Waals surface area contributed by atoms with Crippen LogP contribution in [0.4, 0.5) is 11.5 Å². The fourth-order valence-corrected chi connectivity index (χ4v) is 1.72. The molecule has 6 nitrogen and oxygen atoms in total. The lowest BCUT2D eigenvalue weighted by molar-refractivity contribution is 0.329. The van der Waals surface area contributed by atoms with Crippen LogP contribution >= 0.6 is 0 Å². The number of anilines is 2. The summed E-state index contributed by atoms with van der Waals surface area (Å²) in [6.45, 7) is 4.91. The van der Waals surface area contributed by atoms with E-state index in [2.05, 4.69) is 10.1 Å². The average Bonchev–Trinajstić information content (AvgIpc) is 2.77. The third-order valence-corrected chi connectivity index (χ3v) is 2.62. The topological polar surface area (TPSA) is 77.4 Å². The van der Waals surface area contributed by atoms with Crippen molar-refractivity contribution in [3.8, 4) is 5.88 Å². The van der Waals surface area contributed by atoms with Crippen LogP contribution in [0.3, 0.4) is 0 Å². The van der Waals surface area contributed by atoms with Gasteiger partial charge in [0.2, 0.25) is 5.88 Å². The zero-order valence-corrected chi connectivity index (χ0v) is 11.4. The molecule has 0 bridgehead atoms. The van der Waals surface area contributed by atoms with Gasteiger partial charge in [-0.3, -0.25) is 0 Å². The van der Waals surface area contributed by atoms with Crippen molar-refractivity contribution in [3.05, 3.63) is 29.7 Å². The van der Waals surface area contributed by atoms with Crippen LogP contribution in [0, 0.1) is 6.92 Å². The van der Waals surface area contributed by atoms with Gasteiger partial charge in [-0.2, -0.15) is 4.98 Å². The Morgan fingerprint density at radius 1 is 1.42 bits per heavy atom. The molecule has 0 amide bonds. The maximum Gasteiger partial charge on any atom is 0.239 e. The zero-order chi connectivity index (χ0) is 13.8. The number of rotatable bonds is 5. The highest BCUT2D eigenvalue weighted by Gasteiger charge is 2.10. The highest BCUT2D eigenvalue weighted by atomic mass is 16.5. The van der Waals surface area contributed by atoms with Crippen LogP contribution < -0.4 is 15.4 Å². The number of hydrogen-bond donors (Lipinski definition) is 1. The maximum absolute atomic E-state index is 5.80. The number of aromatic nitrogens is 2. The number of aryl methyl sites for hydroxylation is 1. The van der Waals surface area contributed by atoms with Gasteiger partial charge in [0.05, 0.1) is 18.8 Å². The molecule has 2 rings (SSSR count). The Hall–Kier alpha value is -2.24. The minimum absolute atomic E-state index is 0.461. The van der Waals surface area contributed by atoms with Crippen LogP contribution in [-0.4, -0.2) is 23.8 Å². The summed E-state index contributed by atoms with van der Waals surface area (Å²) in [6.07, 6.45) is 0. The van der Waals surface area contributed by atoms with E-state index < -0.39 is 0 Å². The second-order valence-corrected chi connectivity index (χ2v) is 4.28. The molecule has 0 saturated carbocycles. The molecule has 0 radical (unpaired) electrons. The SMILES string of the molecule is CCOc1nc(N(C)Cc2cc(C)on2)ccc1N. The zero-order valence-electron chi connectivity index (χ0n) is 11.4. The van der Waals surface area contributed by atoms with Crippen LogP contribution in [0.15, 0.2) is 22.7 Å². The molecule has 0 unspecified atom stereocenters. The predicted octanol–water partition coefficient (Wildman–Crippen LogP) is 2.00. The van der Waals surface area contributed by atoms with Crippen LogP contribution in [0.1, 0.15) is 18.4 Å². The number of nitrogens with zero attached hydrogens (tertiary/aromatic N) is 3. The van der Waals surface area contributed by atoms with Gasteiger partial charge in [-0.25, -0.2) is 0 Å². The van der Waals surface area contributed by atoms with E-state index in [-0.39, 0.29) is 0 Å². The van der Waals surface area contributed by atoms with E-state index >= 15 is 0 Å². The first-order chi connectivity index (χ1) is 9.10. The van der Waals surface area contributed by atoms with E-state index in [1.165, 1.54) is 0 Å². The summed E-state index contributed by atoms with van der Waals surface area (Å²) >= 11 is 0. The summed E-state index contributed by atoms with van der Waals surface area (Å²) in [5.41, 5.74) is 7.19. The van der Waals surface area contributed by atoms with Crippen LogP contribution in [0.5, 0.6) is 5.88 Å². The molecular weight excluding hydrogens is 244 g/mol. The van der Waals surface area contributed by atoms with Crippen LogP contribution in [-0.2, 0) is 6.54 Å². The standard InChI is InChI=1S/C13H18N4O2/c1-4-18-13-11(14)5-6-12(15-13)17(3)8-10-7-9(2)19-16-10/h5-7H,4,8,14H2,1-3H3. The van der Waals surface area contributed by atoms with E-state index in [1.54, 1.807) is 6.07 Å². The Morgan fingerprint density at radius 3 is 2.84 bits per heavy atom. The van der Waals surface area contributed by atoms with Gasteiger partial charge >= 0.3 is 0 Å². The molecule has 2 N–H and O–H groups in total. The first kappa shape index (κ1) is 13.2. The summed E-state index contributed by atoms with van der Waals surface area (Å²) < 4.78 is 10.4. The number of nitrogens with two attached hydrogens (primary N) is 1. The monoisotopic (exact) mass is 262 g/mol. The lowest BCUT2D eigenvalue weighted by Gasteiger charge is -2.17. The average molecular weight is 262 g/mol. The molecular formula is C13H18N4O2. The molecule has 2 aromatic rings. The molecule has 6 heteroatoms. The molecule has 2 heterocycles. The fourth-order valence-electron chi connectivity index (χ4n) is 1.72. The number of hydrogen-bond acceptors (Lipinski definition) is 6. The van der Waals surface area contributed by atoms with Crippen molar-refractivity contribution < 1.29 is 9.26 Å². The summed E-state index contributed by atoms with van der Waals surface area (Å²) in [5, 5.41) is 3.96. The van der Waals surface area contributed by atoms with Gasteiger partial charge in [0, 0.05) is 13.1 Å². The van der Waals surface area contributed by atoms with Crippen molar-refractivity contribution >= 4 is 11.5 Å². The summed E-state index contributed by atoms with van der Waals surface area (Å²) in [7, 11) is 1.93. The van der Waals surface area contributed by atoms with Gasteiger partial charge in [0.1, 0.15) is 17.3 Å². The third kappa shape index (κ3) is 3.15. The third-order valence-electron chi connectivity index (χ3n) is 2.62. The summed E-state index contributed by atoms with van der Waals surface area (Å²) in [5.74, 6) is 2.03. The summed E-state index contributed by atoms with van der Waals surface area (Å²) in [6, 6.07) is 5.54. The Morgan fingerprint density at radius 2 is 2.21 bits per heavy atom. The highest BCUT2D eigenvalue weighted by Crippen LogP contribution is 2.23. The molecule has 0 aromatic carbocycles. The minimum atomic E-state index is 0.461. The molecule has 0 saturated heterocycles. The van der Waals surface area contributed by atoms with Gasteiger partial charge in [-0.15, -0.1) is 0 Å². The molecule has 0 aliphatic heterocycles. The first-order valence-corrected chi connectivity index (χ1v) is 6.12. The summed E-state index contributed by atoms with van der Waals surface area (Å²) in [4.78, 5) is 6.34. The lowest BCUT2D eigenvalue weighted by atomic mass is 10.3. The Bertz CT molecular complexity index is 553. The van der Waals surface area contributed by atoms with Gasteiger partial charge in [0.15, 0.2) is 0 Å². The largest absolute Gasteiger partial charge is 0.476 e. The van der Waals surface area contributed by atoms with E-state index in [4.69, 9.17) is 15.0 Å². The smallest absolute Gasteiger partial charge is 0.239 e. The molecule has 0 fully saturated rings. The first-order valence-electron chi connectivity index (χ1n) is 6.12. The van der Waals surface area contributed by atoms with Crippen molar-refractivity contribution in [1.82, 2.24) is 10.1 Å². The fraction of sp³-hybridized carbons (Fsp3) is 0.385. The molecule has 0 aliphatic carbocycles. The molecule has 0 aliphatic rings. The normalized spacial score (nSPS) is 10.5. The molecule has 0 atom stereocenters. The van der Waals surface area contributed by atoms with Crippen molar-refractivity contribution in [2.45, 2.75) is 20.4 Å². The predicted molar refractivity (Wildman–Crippen MR) is 73.2 cm³/mol. The quantitative estimate of drug-likeness (QED) is 0.888.